The molecule has 13 nitrogen and oxygen atoms in total. The smallest absolute Gasteiger partial charge is 0.287 e. The molecule has 2 heterocycles. The second kappa shape index (κ2) is 13.5. The third-order valence-electron chi connectivity index (χ3n) is 8.18. The molecule has 1 aliphatic heterocycles. The van der Waals surface area contributed by atoms with E-state index in [9.17, 15) is 33.5 Å². The van der Waals surface area contributed by atoms with Crippen LogP contribution in [0.25, 0.3) is 0 Å². The lowest BCUT2D eigenvalue weighted by atomic mass is 9.85. The van der Waals surface area contributed by atoms with Gasteiger partial charge in [-0.3, -0.25) is 24.0 Å². The van der Waals surface area contributed by atoms with Crippen LogP contribution in [0.15, 0.2) is 35.5 Å². The number of carbonyl (C=O) groups is 5. The van der Waals surface area contributed by atoms with Crippen LogP contribution in [0.1, 0.15) is 87.8 Å². The SMILES string of the molecule is CC(NC(=O)[C@@H]1C[C@H](n2nncc2C(C)(C)O)CN1C(=O)C(CC1CCCCC1)=NC(=O)c1ccccc1F)C(=O)C(N)=O. The molecule has 14 heteroatoms. The number of ketones is 1. The zero-order chi connectivity index (χ0) is 32.2. The summed E-state index contributed by atoms with van der Waals surface area (Å²) in [4.78, 5) is 69.8. The fourth-order valence-corrected chi connectivity index (χ4v) is 5.83. The first-order valence-electron chi connectivity index (χ1n) is 14.7. The number of rotatable bonds is 10. The molecule has 44 heavy (non-hydrogen) atoms. The molecule has 2 aromatic rings. The summed E-state index contributed by atoms with van der Waals surface area (Å²) in [5.41, 5.74) is 3.71. The molecule has 4 amide bonds. The molecule has 1 unspecified atom stereocenters. The highest BCUT2D eigenvalue weighted by atomic mass is 19.1. The van der Waals surface area contributed by atoms with E-state index in [1.54, 1.807) is 13.8 Å². The molecule has 1 aromatic heterocycles. The van der Waals surface area contributed by atoms with Gasteiger partial charge in [0.05, 0.1) is 29.5 Å². The Kier molecular flexibility index (Phi) is 10.0. The van der Waals surface area contributed by atoms with Crippen LogP contribution in [0.5, 0.6) is 0 Å². The van der Waals surface area contributed by atoms with Crippen LogP contribution in [-0.2, 0) is 24.8 Å². The Morgan fingerprint density at radius 3 is 2.48 bits per heavy atom. The number of nitrogens with one attached hydrogen (secondary N) is 1. The number of nitrogens with zero attached hydrogens (tertiary/aromatic N) is 5. The minimum absolute atomic E-state index is 0.0134. The first-order valence-corrected chi connectivity index (χ1v) is 14.7. The van der Waals surface area contributed by atoms with E-state index in [1.807, 2.05) is 0 Å². The molecular weight excluding hydrogens is 573 g/mol. The number of aromatic nitrogens is 3. The van der Waals surface area contributed by atoms with E-state index in [4.69, 9.17) is 5.73 Å². The molecule has 1 saturated carbocycles. The van der Waals surface area contributed by atoms with Crippen LogP contribution in [0.2, 0.25) is 0 Å². The normalized spacial score (nSPS) is 20.3. The van der Waals surface area contributed by atoms with Gasteiger partial charge in [0.25, 0.3) is 17.7 Å². The maximum atomic E-state index is 14.5. The van der Waals surface area contributed by atoms with Crippen molar-refractivity contribution in [1.82, 2.24) is 25.2 Å². The largest absolute Gasteiger partial charge is 0.384 e. The number of aliphatic hydroxyl groups is 1. The van der Waals surface area contributed by atoms with Crippen molar-refractivity contribution in [2.45, 2.75) is 89.4 Å². The van der Waals surface area contributed by atoms with E-state index in [0.29, 0.717) is 5.69 Å². The molecule has 1 aliphatic carbocycles. The summed E-state index contributed by atoms with van der Waals surface area (Å²) < 4.78 is 15.9. The molecule has 2 aliphatic rings. The van der Waals surface area contributed by atoms with E-state index in [-0.39, 0.29) is 36.6 Å². The fourth-order valence-electron chi connectivity index (χ4n) is 5.83. The van der Waals surface area contributed by atoms with Crippen molar-refractivity contribution in [3.8, 4) is 0 Å². The van der Waals surface area contributed by atoms with Crippen molar-refractivity contribution in [3.05, 3.63) is 47.5 Å². The molecule has 4 N–H and O–H groups in total. The van der Waals surface area contributed by atoms with Crippen molar-refractivity contribution in [2.75, 3.05) is 6.54 Å². The Morgan fingerprint density at radius 1 is 1.16 bits per heavy atom. The van der Waals surface area contributed by atoms with Crippen LogP contribution in [-0.4, -0.2) is 78.8 Å². The van der Waals surface area contributed by atoms with E-state index < -0.39 is 59.0 Å². The molecule has 0 radical (unpaired) electrons. The van der Waals surface area contributed by atoms with E-state index in [0.717, 1.165) is 38.2 Å². The summed E-state index contributed by atoms with van der Waals surface area (Å²) in [6.07, 6.45) is 6.19. The molecule has 1 saturated heterocycles. The number of Topliss-reactive ketones (excluding diaryl/α,β-unsaturated/α-hetero) is 1. The molecule has 3 atom stereocenters. The average Bonchev–Trinajstić information content (AvgIpc) is 3.65. The lowest BCUT2D eigenvalue weighted by Crippen LogP contribution is -2.52. The summed E-state index contributed by atoms with van der Waals surface area (Å²) in [6, 6.07) is 2.29. The summed E-state index contributed by atoms with van der Waals surface area (Å²) in [5, 5.41) is 21.1. The number of primary amides is 1. The molecule has 0 bridgehead atoms. The fraction of sp³-hybridized carbons (Fsp3) is 0.533. The quantitative estimate of drug-likeness (QED) is 0.267. The number of hydrogen-bond donors (Lipinski definition) is 3. The van der Waals surface area contributed by atoms with Gasteiger partial charge in [0.1, 0.15) is 23.2 Å². The topological polar surface area (TPSA) is 190 Å². The average molecular weight is 612 g/mol. The van der Waals surface area contributed by atoms with Crippen molar-refractivity contribution >= 4 is 35.1 Å². The molecule has 0 spiro atoms. The van der Waals surface area contributed by atoms with Crippen molar-refractivity contribution in [1.29, 1.82) is 0 Å². The zero-order valence-electron chi connectivity index (χ0n) is 25.0. The number of nitrogens with two attached hydrogens (primary N) is 1. The standard InChI is InChI=1S/C30H38FN7O6/c1-17(25(39)26(32)40)34-28(42)23-14-19(38-24(15-33-36-38)30(2,3)44)16-37(23)29(43)22(13-18-9-5-4-6-10-18)35-27(41)20-11-7-8-12-21(20)31/h7-8,11-12,15,17-19,23,44H,4-6,9-10,13-14,16H2,1-3H3,(H2,32,40)(H,34,42)/t17?,19-,23-/m0/s1. The van der Waals surface area contributed by atoms with Gasteiger partial charge < -0.3 is 21.1 Å². The lowest BCUT2D eigenvalue weighted by Gasteiger charge is -2.27. The molecule has 4 rings (SSSR count). The molecular formula is C30H38FN7O6. The number of hydrogen-bond acceptors (Lipinski definition) is 8. The van der Waals surface area contributed by atoms with Gasteiger partial charge in [-0.15, -0.1) is 5.10 Å². The van der Waals surface area contributed by atoms with Crippen LogP contribution < -0.4 is 11.1 Å². The van der Waals surface area contributed by atoms with Gasteiger partial charge in [-0.05, 0) is 45.2 Å². The van der Waals surface area contributed by atoms with Gasteiger partial charge in [0.15, 0.2) is 0 Å². The molecule has 1 aromatic carbocycles. The van der Waals surface area contributed by atoms with E-state index in [1.165, 1.54) is 40.9 Å². The Bertz CT molecular complexity index is 1460. The Morgan fingerprint density at radius 2 is 1.84 bits per heavy atom. The predicted octanol–water partition coefficient (Wildman–Crippen LogP) is 1.60. The van der Waals surface area contributed by atoms with Crippen molar-refractivity contribution in [3.63, 3.8) is 0 Å². The molecule has 236 valence electrons. The highest BCUT2D eigenvalue weighted by Crippen LogP contribution is 2.33. The van der Waals surface area contributed by atoms with Crippen molar-refractivity contribution in [2.24, 2.45) is 16.6 Å². The summed E-state index contributed by atoms with van der Waals surface area (Å²) in [7, 11) is 0. The number of benzene rings is 1. The monoisotopic (exact) mass is 611 g/mol. The van der Waals surface area contributed by atoms with Crippen LogP contribution in [0.3, 0.4) is 0 Å². The lowest BCUT2D eigenvalue weighted by molar-refractivity contribution is -0.139. The van der Waals surface area contributed by atoms with Crippen LogP contribution >= 0.6 is 0 Å². The number of amides is 4. The number of halogens is 1. The highest BCUT2D eigenvalue weighted by molar-refractivity contribution is 6.41. The van der Waals surface area contributed by atoms with Gasteiger partial charge in [0, 0.05) is 13.0 Å². The number of carbonyl (C=O) groups excluding carboxylic acids is 5. The first-order chi connectivity index (χ1) is 20.8. The Hall–Kier alpha value is -4.33. The summed E-state index contributed by atoms with van der Waals surface area (Å²) >= 11 is 0. The Balaban J connectivity index is 1.71. The van der Waals surface area contributed by atoms with Gasteiger partial charge in [-0.1, -0.05) is 49.5 Å². The predicted molar refractivity (Wildman–Crippen MR) is 156 cm³/mol. The minimum Gasteiger partial charge on any atom is -0.384 e. The molecule has 2 fully saturated rings. The Labute approximate surface area is 254 Å². The number of likely N-dealkylation sites (tertiary alicyclic amines) is 1. The maximum Gasteiger partial charge on any atom is 0.287 e. The van der Waals surface area contributed by atoms with E-state index in [2.05, 4.69) is 20.6 Å². The first kappa shape index (κ1) is 32.6. The van der Waals surface area contributed by atoms with Gasteiger partial charge in [-0.2, -0.15) is 0 Å². The zero-order valence-corrected chi connectivity index (χ0v) is 25.0. The third-order valence-corrected chi connectivity index (χ3v) is 8.18. The summed E-state index contributed by atoms with van der Waals surface area (Å²) in [5.74, 6) is -5.28. The van der Waals surface area contributed by atoms with E-state index >= 15 is 0 Å². The van der Waals surface area contributed by atoms with Gasteiger partial charge >= 0.3 is 0 Å². The third kappa shape index (κ3) is 7.41. The second-order valence-electron chi connectivity index (χ2n) is 12.0. The van der Waals surface area contributed by atoms with Crippen LogP contribution in [0, 0.1) is 11.7 Å². The second-order valence-corrected chi connectivity index (χ2v) is 12.0. The van der Waals surface area contributed by atoms with Crippen LogP contribution in [0.4, 0.5) is 4.39 Å². The van der Waals surface area contributed by atoms with Gasteiger partial charge in [0.2, 0.25) is 11.7 Å². The summed E-state index contributed by atoms with van der Waals surface area (Å²) in [6.45, 7) is 4.32. The number of aliphatic imine (C=N–C) groups is 1. The highest BCUT2D eigenvalue weighted by Gasteiger charge is 2.44. The van der Waals surface area contributed by atoms with Gasteiger partial charge in [-0.25, -0.2) is 14.1 Å². The maximum absolute atomic E-state index is 14.5. The minimum atomic E-state index is -1.35. The van der Waals surface area contributed by atoms with Crippen molar-refractivity contribution < 1.29 is 33.5 Å².